The molecule has 0 fully saturated rings. The first-order valence-corrected chi connectivity index (χ1v) is 4.27. The van der Waals surface area contributed by atoms with Crippen LogP contribution in [-0.2, 0) is 0 Å². The lowest BCUT2D eigenvalue weighted by molar-refractivity contribution is 0.0953. The average Bonchev–Trinajstić information content (AvgIpc) is 2.34. The molecule has 58 valence electrons. The lowest BCUT2D eigenvalue weighted by atomic mass is 10.2. The predicted molar refractivity (Wildman–Crippen MR) is 45.0 cm³/mol. The number of fused-ring (bicyclic) bond motifs is 1. The molecule has 1 aromatic rings. The molecule has 0 saturated carbocycles. The second-order valence-electron chi connectivity index (χ2n) is 2.48. The van der Waals surface area contributed by atoms with Gasteiger partial charge in [-0.15, -0.1) is 11.3 Å². The third-order valence-electron chi connectivity index (χ3n) is 1.70. The predicted octanol–water partition coefficient (Wildman–Crippen LogP) is 1.17. The van der Waals surface area contributed by atoms with Crippen molar-refractivity contribution in [3.63, 3.8) is 0 Å². The summed E-state index contributed by atoms with van der Waals surface area (Å²) in [5.41, 5.74) is 1.86. The van der Waals surface area contributed by atoms with Crippen molar-refractivity contribution in [2.45, 2.75) is 6.92 Å². The monoisotopic (exact) mass is 168 g/mol. The molecule has 3 nitrogen and oxygen atoms in total. The molecule has 1 aromatic heterocycles. The minimum Gasteiger partial charge on any atom is -0.359 e. The summed E-state index contributed by atoms with van der Waals surface area (Å²) >= 11 is 1.58. The molecule has 0 unspecified atom stereocenters. The number of anilines is 1. The Labute approximate surface area is 68.4 Å². The largest absolute Gasteiger partial charge is 0.359 e. The molecule has 0 radical (unpaired) electrons. The van der Waals surface area contributed by atoms with Crippen LogP contribution in [0.15, 0.2) is 5.38 Å². The number of nitrogens with one attached hydrogen (secondary N) is 2. The third kappa shape index (κ3) is 0.903. The number of carbonyl (C=O) groups excluding carboxylic acids is 1. The highest BCUT2D eigenvalue weighted by atomic mass is 32.1. The molecule has 0 aromatic carbocycles. The maximum absolute atomic E-state index is 11.2. The number of amides is 1. The minimum absolute atomic E-state index is 0.0394. The molecule has 0 saturated heterocycles. The molecule has 11 heavy (non-hydrogen) atoms. The van der Waals surface area contributed by atoms with Crippen LogP contribution in [-0.4, -0.2) is 12.6 Å². The fraction of sp³-hybridized carbons (Fsp3) is 0.286. The van der Waals surface area contributed by atoms with Crippen LogP contribution in [0, 0.1) is 6.92 Å². The Balaban J connectivity index is 2.56. The summed E-state index contributed by atoms with van der Waals surface area (Å²) in [4.78, 5) is 11.2. The highest BCUT2D eigenvalue weighted by Crippen LogP contribution is 2.28. The molecule has 1 aliphatic rings. The van der Waals surface area contributed by atoms with Crippen molar-refractivity contribution in [1.29, 1.82) is 0 Å². The van der Waals surface area contributed by atoms with Gasteiger partial charge in [-0.05, 0) is 17.9 Å². The van der Waals surface area contributed by atoms with Crippen LogP contribution in [0.2, 0.25) is 0 Å². The van der Waals surface area contributed by atoms with Crippen molar-refractivity contribution in [3.05, 3.63) is 16.5 Å². The van der Waals surface area contributed by atoms with Crippen molar-refractivity contribution in [1.82, 2.24) is 5.32 Å². The summed E-state index contributed by atoms with van der Waals surface area (Å²) < 4.78 is 0. The van der Waals surface area contributed by atoms with Crippen LogP contribution in [0.1, 0.15) is 15.9 Å². The molecule has 2 N–H and O–H groups in total. The van der Waals surface area contributed by atoms with E-state index in [1.807, 2.05) is 12.3 Å². The Morgan fingerprint density at radius 3 is 3.09 bits per heavy atom. The average molecular weight is 168 g/mol. The van der Waals surface area contributed by atoms with Gasteiger partial charge in [0, 0.05) is 0 Å². The number of thiophene rings is 1. The SMILES string of the molecule is Cc1csc2c1C(=O)NCN2. The molecule has 4 heteroatoms. The van der Waals surface area contributed by atoms with E-state index < -0.39 is 0 Å². The summed E-state index contributed by atoms with van der Waals surface area (Å²) in [7, 11) is 0. The normalized spacial score (nSPS) is 15.2. The van der Waals surface area contributed by atoms with Crippen LogP contribution < -0.4 is 10.6 Å². The summed E-state index contributed by atoms with van der Waals surface area (Å²) in [6, 6.07) is 0. The van der Waals surface area contributed by atoms with Crippen molar-refractivity contribution in [2.24, 2.45) is 0 Å². The molecule has 2 rings (SSSR count). The Morgan fingerprint density at radius 1 is 1.55 bits per heavy atom. The van der Waals surface area contributed by atoms with E-state index in [0.29, 0.717) is 6.67 Å². The molecule has 0 spiro atoms. The van der Waals surface area contributed by atoms with Crippen molar-refractivity contribution < 1.29 is 4.79 Å². The van der Waals surface area contributed by atoms with Crippen molar-refractivity contribution in [3.8, 4) is 0 Å². The highest BCUT2D eigenvalue weighted by Gasteiger charge is 2.19. The zero-order chi connectivity index (χ0) is 7.84. The number of rotatable bonds is 0. The van der Waals surface area contributed by atoms with Gasteiger partial charge in [-0.1, -0.05) is 0 Å². The minimum atomic E-state index is 0.0394. The van der Waals surface area contributed by atoms with E-state index in [2.05, 4.69) is 10.6 Å². The molecule has 1 aliphatic heterocycles. The van der Waals surface area contributed by atoms with Gasteiger partial charge in [0.25, 0.3) is 5.91 Å². The van der Waals surface area contributed by atoms with E-state index in [-0.39, 0.29) is 5.91 Å². The van der Waals surface area contributed by atoms with Gasteiger partial charge in [-0.25, -0.2) is 0 Å². The van der Waals surface area contributed by atoms with Gasteiger partial charge in [-0.2, -0.15) is 0 Å². The van der Waals surface area contributed by atoms with E-state index in [9.17, 15) is 4.79 Å². The van der Waals surface area contributed by atoms with E-state index in [4.69, 9.17) is 0 Å². The first-order chi connectivity index (χ1) is 5.29. The molecular weight excluding hydrogens is 160 g/mol. The van der Waals surface area contributed by atoms with Gasteiger partial charge < -0.3 is 10.6 Å². The Morgan fingerprint density at radius 2 is 2.36 bits per heavy atom. The summed E-state index contributed by atoms with van der Waals surface area (Å²) in [5, 5.41) is 8.80. The fourth-order valence-electron chi connectivity index (χ4n) is 1.15. The smallest absolute Gasteiger partial charge is 0.255 e. The van der Waals surface area contributed by atoms with Gasteiger partial charge in [-0.3, -0.25) is 4.79 Å². The first-order valence-electron chi connectivity index (χ1n) is 3.39. The van der Waals surface area contributed by atoms with Crippen LogP contribution in [0.25, 0.3) is 0 Å². The zero-order valence-corrected chi connectivity index (χ0v) is 6.92. The van der Waals surface area contributed by atoms with E-state index in [1.54, 1.807) is 11.3 Å². The number of aryl methyl sites for hydroxylation is 1. The maximum atomic E-state index is 11.2. The maximum Gasteiger partial charge on any atom is 0.255 e. The molecular formula is C7H8N2OS. The summed E-state index contributed by atoms with van der Waals surface area (Å²) in [5.74, 6) is 0.0394. The number of hydrogen-bond acceptors (Lipinski definition) is 3. The fourth-order valence-corrected chi connectivity index (χ4v) is 2.09. The molecule has 0 aliphatic carbocycles. The highest BCUT2D eigenvalue weighted by molar-refractivity contribution is 7.14. The van der Waals surface area contributed by atoms with Crippen LogP contribution in [0.5, 0.6) is 0 Å². The lowest BCUT2D eigenvalue weighted by Gasteiger charge is -2.14. The summed E-state index contributed by atoms with van der Waals surface area (Å²) in [6.45, 7) is 2.49. The van der Waals surface area contributed by atoms with Gasteiger partial charge >= 0.3 is 0 Å². The number of carbonyl (C=O) groups is 1. The quantitative estimate of drug-likeness (QED) is 0.610. The van der Waals surface area contributed by atoms with Crippen molar-refractivity contribution in [2.75, 3.05) is 12.0 Å². The second kappa shape index (κ2) is 2.23. The van der Waals surface area contributed by atoms with Crippen molar-refractivity contribution >= 4 is 22.2 Å². The van der Waals surface area contributed by atoms with Gasteiger partial charge in [0.15, 0.2) is 0 Å². The topological polar surface area (TPSA) is 41.1 Å². The summed E-state index contributed by atoms with van der Waals surface area (Å²) in [6.07, 6.45) is 0. The standard InChI is InChI=1S/C7H8N2OS/c1-4-2-11-7-5(4)6(10)8-3-9-7/h2,9H,3H2,1H3,(H,8,10). The Hall–Kier alpha value is -1.03. The molecule has 2 heterocycles. The third-order valence-corrected chi connectivity index (χ3v) is 2.76. The van der Waals surface area contributed by atoms with E-state index in [1.165, 1.54) is 0 Å². The molecule has 0 atom stereocenters. The zero-order valence-electron chi connectivity index (χ0n) is 6.10. The number of hydrogen-bond donors (Lipinski definition) is 2. The Kier molecular flexibility index (Phi) is 1.35. The van der Waals surface area contributed by atoms with Crippen LogP contribution in [0.4, 0.5) is 5.00 Å². The first kappa shape index (κ1) is 6.67. The Bertz CT molecular complexity index is 305. The lowest BCUT2D eigenvalue weighted by Crippen LogP contribution is -2.34. The van der Waals surface area contributed by atoms with E-state index >= 15 is 0 Å². The van der Waals surface area contributed by atoms with E-state index in [0.717, 1.165) is 16.1 Å². The molecule has 0 bridgehead atoms. The van der Waals surface area contributed by atoms with Crippen LogP contribution in [0.3, 0.4) is 0 Å². The second-order valence-corrected chi connectivity index (χ2v) is 3.36. The van der Waals surface area contributed by atoms with Gasteiger partial charge in [0.05, 0.1) is 12.2 Å². The van der Waals surface area contributed by atoms with Gasteiger partial charge in [0.2, 0.25) is 0 Å². The molecule has 1 amide bonds. The van der Waals surface area contributed by atoms with Crippen LogP contribution >= 0.6 is 11.3 Å². The van der Waals surface area contributed by atoms with Gasteiger partial charge in [0.1, 0.15) is 5.00 Å².